The first kappa shape index (κ1) is 28.9. The van der Waals surface area contributed by atoms with E-state index < -0.39 is 0 Å². The van der Waals surface area contributed by atoms with E-state index in [1.165, 1.54) is 54.2 Å². The van der Waals surface area contributed by atoms with Gasteiger partial charge in [0.2, 0.25) is 0 Å². The van der Waals surface area contributed by atoms with Gasteiger partial charge in [0, 0.05) is 11.3 Å². The first-order valence-corrected chi connectivity index (χ1v) is 17.2. The molecule has 10 aromatic rings. The highest BCUT2D eigenvalue weighted by Gasteiger charge is 2.17. The molecule has 0 amide bonds. The first-order chi connectivity index (χ1) is 25.2. The highest BCUT2D eigenvalue weighted by atomic mass is 15.1. The van der Waals surface area contributed by atoms with Gasteiger partial charge in [-0.2, -0.15) is 5.26 Å². The Kier molecular flexibility index (Phi) is 6.56. The molecule has 0 spiro atoms. The lowest BCUT2D eigenvalue weighted by molar-refractivity contribution is 1.10. The third-order valence-electron chi connectivity index (χ3n) is 10.2. The van der Waals surface area contributed by atoms with Crippen LogP contribution in [0, 0.1) is 11.3 Å². The number of aromatic nitrogens is 2. The summed E-state index contributed by atoms with van der Waals surface area (Å²) in [6.45, 7) is 0. The molecular weight excluding hydrogens is 619 g/mol. The van der Waals surface area contributed by atoms with E-state index in [9.17, 15) is 5.26 Å². The van der Waals surface area contributed by atoms with Gasteiger partial charge in [0.15, 0.2) is 0 Å². The number of fused-ring (bicyclic) bond motifs is 7. The summed E-state index contributed by atoms with van der Waals surface area (Å²) in [5, 5.41) is 19.6. The molecule has 0 atom stereocenters. The van der Waals surface area contributed by atoms with Gasteiger partial charge >= 0.3 is 0 Å². The van der Waals surface area contributed by atoms with E-state index in [1.807, 2.05) is 18.2 Å². The summed E-state index contributed by atoms with van der Waals surface area (Å²) in [5.41, 5.74) is 9.08. The molecule has 0 fully saturated rings. The number of hydrogen-bond acceptors (Lipinski definition) is 2. The summed E-state index contributed by atoms with van der Waals surface area (Å²) >= 11 is 0. The largest absolute Gasteiger partial charge is 0.292 e. The van der Waals surface area contributed by atoms with Crippen molar-refractivity contribution in [3.05, 3.63) is 181 Å². The van der Waals surface area contributed by atoms with Crippen molar-refractivity contribution >= 4 is 54.1 Å². The topological polar surface area (TPSA) is 41.6 Å². The second-order valence-corrected chi connectivity index (χ2v) is 13.1. The molecule has 9 aromatic carbocycles. The van der Waals surface area contributed by atoms with Gasteiger partial charge in [0.1, 0.15) is 5.82 Å². The number of nitrogens with zero attached hydrogens (tertiary/aromatic N) is 3. The molecule has 236 valence electrons. The normalized spacial score (nSPS) is 11.5. The van der Waals surface area contributed by atoms with Gasteiger partial charge in [-0.05, 0) is 108 Å². The van der Waals surface area contributed by atoms with Crippen molar-refractivity contribution in [1.29, 1.82) is 5.26 Å². The Morgan fingerprint density at radius 1 is 0.431 bits per heavy atom. The molecule has 3 nitrogen and oxygen atoms in total. The van der Waals surface area contributed by atoms with Crippen LogP contribution in [-0.4, -0.2) is 9.55 Å². The Morgan fingerprint density at radius 3 is 1.45 bits per heavy atom. The van der Waals surface area contributed by atoms with Crippen molar-refractivity contribution in [3.8, 4) is 45.4 Å². The molecule has 0 saturated carbocycles. The monoisotopic (exact) mass is 647 g/mol. The second-order valence-electron chi connectivity index (χ2n) is 13.1. The summed E-state index contributed by atoms with van der Waals surface area (Å²) in [7, 11) is 0. The summed E-state index contributed by atoms with van der Waals surface area (Å²) in [5.74, 6) is 0.832. The highest BCUT2D eigenvalue weighted by molar-refractivity contribution is 6.15. The van der Waals surface area contributed by atoms with Crippen LogP contribution < -0.4 is 0 Å². The van der Waals surface area contributed by atoms with Crippen molar-refractivity contribution in [1.82, 2.24) is 9.55 Å². The molecule has 10 rings (SSSR count). The predicted octanol–water partition coefficient (Wildman–Crippen LogP) is 12.5. The number of hydrogen-bond donors (Lipinski definition) is 0. The number of rotatable bonds is 4. The minimum Gasteiger partial charge on any atom is -0.292 e. The van der Waals surface area contributed by atoms with Crippen LogP contribution in [0.4, 0.5) is 0 Å². The lowest BCUT2D eigenvalue weighted by Crippen LogP contribution is -1.98. The third-order valence-corrected chi connectivity index (χ3v) is 10.2. The Hall–Kier alpha value is -7.02. The second kappa shape index (κ2) is 11.6. The molecule has 1 aromatic heterocycles. The molecule has 0 radical (unpaired) electrons. The molecule has 0 unspecified atom stereocenters. The molecule has 0 bridgehead atoms. The minimum absolute atomic E-state index is 0.593. The Balaban J connectivity index is 1.10. The molecule has 0 aliphatic rings. The van der Waals surface area contributed by atoms with Gasteiger partial charge in [-0.15, -0.1) is 0 Å². The third kappa shape index (κ3) is 4.70. The smallest absolute Gasteiger partial charge is 0.145 e. The zero-order valence-electron chi connectivity index (χ0n) is 27.6. The van der Waals surface area contributed by atoms with Crippen LogP contribution in [0.3, 0.4) is 0 Å². The van der Waals surface area contributed by atoms with Crippen molar-refractivity contribution in [2.75, 3.05) is 0 Å². The van der Waals surface area contributed by atoms with E-state index >= 15 is 0 Å². The highest BCUT2D eigenvalue weighted by Crippen LogP contribution is 2.38. The van der Waals surface area contributed by atoms with Crippen LogP contribution in [-0.2, 0) is 0 Å². The van der Waals surface area contributed by atoms with Crippen molar-refractivity contribution in [2.24, 2.45) is 0 Å². The summed E-state index contributed by atoms with van der Waals surface area (Å²) < 4.78 is 2.21. The first-order valence-electron chi connectivity index (χ1n) is 17.2. The fourth-order valence-corrected chi connectivity index (χ4v) is 7.78. The average Bonchev–Trinajstić information content (AvgIpc) is 3.59. The van der Waals surface area contributed by atoms with Gasteiger partial charge < -0.3 is 0 Å². The van der Waals surface area contributed by atoms with Crippen molar-refractivity contribution < 1.29 is 0 Å². The maximum atomic E-state index is 9.68. The number of benzene rings is 9. The maximum Gasteiger partial charge on any atom is 0.145 e. The quantitative estimate of drug-likeness (QED) is 0.178. The molecule has 51 heavy (non-hydrogen) atoms. The molecule has 0 aliphatic heterocycles. The summed E-state index contributed by atoms with van der Waals surface area (Å²) in [4.78, 5) is 5.13. The molecular formula is C48H29N3. The Bertz CT molecular complexity index is 3020. The Labute approximate surface area is 294 Å². The standard InChI is InChI=1S/C48H29N3/c49-30-31-17-26-47-46(27-31)50-48(34-20-18-32(19-21-34)44-28-35-9-1-3-11-38(35)40-13-5-7-15-42(40)44)51(47)37-24-22-33(23-25-37)45-29-36-10-2-4-12-39(36)41-14-6-8-16-43(41)45/h1-29H. The van der Waals surface area contributed by atoms with Crippen LogP contribution in [0.25, 0.3) is 93.5 Å². The van der Waals surface area contributed by atoms with Gasteiger partial charge in [0.25, 0.3) is 0 Å². The summed E-state index contributed by atoms with van der Waals surface area (Å²) in [6.07, 6.45) is 0. The molecule has 0 saturated heterocycles. The predicted molar refractivity (Wildman–Crippen MR) is 212 cm³/mol. The zero-order chi connectivity index (χ0) is 33.9. The molecule has 3 heteroatoms. The van der Waals surface area contributed by atoms with E-state index in [0.717, 1.165) is 39.2 Å². The van der Waals surface area contributed by atoms with Crippen LogP contribution >= 0.6 is 0 Å². The van der Waals surface area contributed by atoms with Crippen molar-refractivity contribution in [3.63, 3.8) is 0 Å². The Morgan fingerprint density at radius 2 is 0.902 bits per heavy atom. The maximum absolute atomic E-state index is 9.68. The van der Waals surface area contributed by atoms with Crippen LogP contribution in [0.5, 0.6) is 0 Å². The SMILES string of the molecule is N#Cc1ccc2c(c1)nc(-c1ccc(-c3cc4ccccc4c4ccccc34)cc1)n2-c1ccc(-c2cc3ccccc3c3ccccc23)cc1. The van der Waals surface area contributed by atoms with Crippen LogP contribution in [0.1, 0.15) is 5.56 Å². The minimum atomic E-state index is 0.593. The molecule has 1 heterocycles. The number of imidazole rings is 1. The average molecular weight is 648 g/mol. The van der Waals surface area contributed by atoms with Gasteiger partial charge in [-0.3, -0.25) is 4.57 Å². The fraction of sp³-hybridized carbons (Fsp3) is 0. The van der Waals surface area contributed by atoms with Gasteiger partial charge in [-0.1, -0.05) is 133 Å². The number of nitriles is 1. The molecule has 0 aliphatic carbocycles. The summed E-state index contributed by atoms with van der Waals surface area (Å²) in [6, 6.07) is 64.6. The molecule has 0 N–H and O–H groups in total. The van der Waals surface area contributed by atoms with Crippen LogP contribution in [0.15, 0.2) is 176 Å². The van der Waals surface area contributed by atoms with E-state index in [-0.39, 0.29) is 0 Å². The lowest BCUT2D eigenvalue weighted by Gasteiger charge is -2.14. The van der Waals surface area contributed by atoms with E-state index in [2.05, 4.69) is 168 Å². The lowest BCUT2D eigenvalue weighted by atomic mass is 9.93. The fourth-order valence-electron chi connectivity index (χ4n) is 7.78. The van der Waals surface area contributed by atoms with Gasteiger partial charge in [-0.25, -0.2) is 4.98 Å². The van der Waals surface area contributed by atoms with Crippen molar-refractivity contribution in [2.45, 2.75) is 0 Å². The zero-order valence-corrected chi connectivity index (χ0v) is 27.6. The van der Waals surface area contributed by atoms with E-state index in [1.54, 1.807) is 0 Å². The van der Waals surface area contributed by atoms with E-state index in [4.69, 9.17) is 4.98 Å². The van der Waals surface area contributed by atoms with Gasteiger partial charge in [0.05, 0.1) is 22.7 Å². The van der Waals surface area contributed by atoms with E-state index in [0.29, 0.717) is 5.56 Å². The van der Waals surface area contributed by atoms with Crippen LogP contribution in [0.2, 0.25) is 0 Å².